The molecule has 2 rings (SSSR count). The Morgan fingerprint density at radius 2 is 1.67 bits per heavy atom. The lowest BCUT2D eigenvalue weighted by Crippen LogP contribution is -2.15. The standard InChI is InChI=1S/C17H15FO3/c1-11-7-12(2)9-13(8-11)17(20)21-10-16(19)14-5-3-4-6-15(14)18/h3-9H,10H2,1-2H3. The van der Waals surface area contributed by atoms with Gasteiger partial charge in [0.15, 0.2) is 6.61 Å². The minimum atomic E-state index is -0.620. The van der Waals surface area contributed by atoms with Crippen molar-refractivity contribution in [3.05, 3.63) is 70.5 Å². The molecule has 0 N–H and O–H groups in total. The van der Waals surface area contributed by atoms with Crippen LogP contribution >= 0.6 is 0 Å². The molecule has 0 radical (unpaired) electrons. The van der Waals surface area contributed by atoms with Gasteiger partial charge in [-0.2, -0.15) is 0 Å². The maximum Gasteiger partial charge on any atom is 0.338 e. The summed E-state index contributed by atoms with van der Waals surface area (Å²) in [5, 5.41) is 0. The van der Waals surface area contributed by atoms with Crippen LogP contribution in [-0.2, 0) is 4.74 Å². The van der Waals surface area contributed by atoms with Gasteiger partial charge in [0.1, 0.15) is 5.82 Å². The quantitative estimate of drug-likeness (QED) is 0.638. The van der Waals surface area contributed by atoms with Gasteiger partial charge in [-0.05, 0) is 38.1 Å². The largest absolute Gasteiger partial charge is 0.454 e. The van der Waals surface area contributed by atoms with Crippen molar-refractivity contribution in [3.63, 3.8) is 0 Å². The van der Waals surface area contributed by atoms with Gasteiger partial charge in [0, 0.05) is 0 Å². The second kappa shape index (κ2) is 6.31. The Bertz CT molecular complexity index is 672. The number of carbonyl (C=O) groups is 2. The number of hydrogen-bond acceptors (Lipinski definition) is 3. The highest BCUT2D eigenvalue weighted by Gasteiger charge is 2.15. The van der Waals surface area contributed by atoms with Crippen LogP contribution in [0, 0.1) is 19.7 Å². The molecule has 0 unspecified atom stereocenters. The van der Waals surface area contributed by atoms with E-state index in [1.54, 1.807) is 18.2 Å². The van der Waals surface area contributed by atoms with E-state index in [0.717, 1.165) is 11.1 Å². The van der Waals surface area contributed by atoms with Crippen LogP contribution < -0.4 is 0 Å². The molecule has 0 aliphatic heterocycles. The van der Waals surface area contributed by atoms with Gasteiger partial charge in [-0.15, -0.1) is 0 Å². The van der Waals surface area contributed by atoms with Crippen molar-refractivity contribution in [2.24, 2.45) is 0 Å². The highest BCUT2D eigenvalue weighted by Crippen LogP contribution is 2.11. The van der Waals surface area contributed by atoms with Gasteiger partial charge in [-0.25, -0.2) is 9.18 Å². The molecule has 0 aliphatic rings. The van der Waals surface area contributed by atoms with E-state index in [2.05, 4.69) is 0 Å². The van der Waals surface area contributed by atoms with Crippen LogP contribution in [-0.4, -0.2) is 18.4 Å². The van der Waals surface area contributed by atoms with Gasteiger partial charge in [0.2, 0.25) is 5.78 Å². The topological polar surface area (TPSA) is 43.4 Å². The van der Waals surface area contributed by atoms with E-state index in [1.807, 2.05) is 19.9 Å². The summed E-state index contributed by atoms with van der Waals surface area (Å²) in [6, 6.07) is 10.9. The SMILES string of the molecule is Cc1cc(C)cc(C(=O)OCC(=O)c2ccccc2F)c1. The summed E-state index contributed by atoms with van der Waals surface area (Å²) in [7, 11) is 0. The van der Waals surface area contributed by atoms with E-state index in [-0.39, 0.29) is 5.56 Å². The van der Waals surface area contributed by atoms with Crippen molar-refractivity contribution in [1.82, 2.24) is 0 Å². The number of rotatable bonds is 4. The number of esters is 1. The number of hydrogen-bond donors (Lipinski definition) is 0. The molecule has 0 saturated carbocycles. The van der Waals surface area contributed by atoms with E-state index >= 15 is 0 Å². The maximum absolute atomic E-state index is 13.4. The summed E-state index contributed by atoms with van der Waals surface area (Å²) in [5.74, 6) is -1.78. The molecule has 0 aliphatic carbocycles. The van der Waals surface area contributed by atoms with E-state index < -0.39 is 24.2 Å². The molecule has 0 amide bonds. The number of benzene rings is 2. The average Bonchev–Trinajstić information content (AvgIpc) is 2.43. The molecule has 2 aromatic rings. The number of ketones is 1. The van der Waals surface area contributed by atoms with Gasteiger partial charge in [-0.1, -0.05) is 29.3 Å². The van der Waals surface area contributed by atoms with E-state index in [0.29, 0.717) is 5.56 Å². The highest BCUT2D eigenvalue weighted by atomic mass is 19.1. The third kappa shape index (κ3) is 3.75. The van der Waals surface area contributed by atoms with Crippen molar-refractivity contribution < 1.29 is 18.7 Å². The number of aryl methyl sites for hydroxylation is 2. The summed E-state index contributed by atoms with van der Waals surface area (Å²) in [5.41, 5.74) is 2.17. The average molecular weight is 286 g/mol. The fourth-order valence-corrected chi connectivity index (χ4v) is 2.07. The molecule has 0 saturated heterocycles. The fraction of sp³-hybridized carbons (Fsp3) is 0.176. The van der Waals surface area contributed by atoms with E-state index in [4.69, 9.17) is 4.74 Å². The Balaban J connectivity index is 2.04. The Morgan fingerprint density at radius 1 is 1.05 bits per heavy atom. The zero-order chi connectivity index (χ0) is 15.4. The lowest BCUT2D eigenvalue weighted by Gasteiger charge is -2.06. The van der Waals surface area contributed by atoms with Gasteiger partial charge < -0.3 is 4.74 Å². The number of carbonyl (C=O) groups excluding carboxylic acids is 2. The molecule has 2 aromatic carbocycles. The minimum Gasteiger partial charge on any atom is -0.454 e. The molecule has 0 heterocycles. The summed E-state index contributed by atoms with van der Waals surface area (Å²) in [4.78, 5) is 23.7. The third-order valence-corrected chi connectivity index (χ3v) is 2.97. The minimum absolute atomic E-state index is 0.0780. The number of Topliss-reactive ketones (excluding diaryl/α,β-unsaturated/α-hetero) is 1. The molecule has 0 fully saturated rings. The summed E-state index contributed by atoms with van der Waals surface area (Å²) in [6.45, 7) is 3.26. The molecule has 108 valence electrons. The second-order valence-electron chi connectivity index (χ2n) is 4.86. The first kappa shape index (κ1) is 14.9. The zero-order valence-electron chi connectivity index (χ0n) is 11.9. The van der Waals surface area contributed by atoms with Gasteiger partial charge in [-0.3, -0.25) is 4.79 Å². The zero-order valence-corrected chi connectivity index (χ0v) is 11.9. The molecular weight excluding hydrogens is 271 g/mol. The van der Waals surface area contributed by atoms with Crippen LogP contribution in [0.2, 0.25) is 0 Å². The van der Waals surface area contributed by atoms with Crippen molar-refractivity contribution in [2.45, 2.75) is 13.8 Å². The van der Waals surface area contributed by atoms with Crippen molar-refractivity contribution in [1.29, 1.82) is 0 Å². The van der Waals surface area contributed by atoms with Crippen molar-refractivity contribution in [2.75, 3.05) is 6.61 Å². The first-order chi connectivity index (χ1) is 9.97. The molecule has 21 heavy (non-hydrogen) atoms. The predicted octanol–water partition coefficient (Wildman–Crippen LogP) is 3.48. The molecule has 4 heteroatoms. The molecule has 0 spiro atoms. The number of halogens is 1. The second-order valence-corrected chi connectivity index (χ2v) is 4.86. The van der Waals surface area contributed by atoms with Crippen LogP contribution in [0.1, 0.15) is 31.8 Å². The third-order valence-electron chi connectivity index (χ3n) is 2.97. The van der Waals surface area contributed by atoms with E-state index in [9.17, 15) is 14.0 Å². The van der Waals surface area contributed by atoms with Crippen molar-refractivity contribution in [3.8, 4) is 0 Å². The molecule has 3 nitrogen and oxygen atoms in total. The lowest BCUT2D eigenvalue weighted by molar-refractivity contribution is 0.0473. The fourth-order valence-electron chi connectivity index (χ4n) is 2.07. The van der Waals surface area contributed by atoms with Crippen LogP contribution in [0.3, 0.4) is 0 Å². The van der Waals surface area contributed by atoms with Gasteiger partial charge >= 0.3 is 5.97 Å². The molecule has 0 bridgehead atoms. The summed E-state index contributed by atoms with van der Waals surface area (Å²) >= 11 is 0. The van der Waals surface area contributed by atoms with Gasteiger partial charge in [0.25, 0.3) is 0 Å². The van der Waals surface area contributed by atoms with Crippen LogP contribution in [0.25, 0.3) is 0 Å². The Kier molecular flexibility index (Phi) is 4.48. The Labute approximate surface area is 122 Å². The van der Waals surface area contributed by atoms with Crippen LogP contribution in [0.5, 0.6) is 0 Å². The Morgan fingerprint density at radius 3 is 2.29 bits per heavy atom. The predicted molar refractivity (Wildman–Crippen MR) is 76.9 cm³/mol. The molecular formula is C17H15FO3. The normalized spacial score (nSPS) is 10.2. The number of ether oxygens (including phenoxy) is 1. The summed E-state index contributed by atoms with van der Waals surface area (Å²) < 4.78 is 18.4. The first-order valence-corrected chi connectivity index (χ1v) is 6.50. The Hall–Kier alpha value is -2.49. The molecule has 0 atom stereocenters. The van der Waals surface area contributed by atoms with Crippen LogP contribution in [0.15, 0.2) is 42.5 Å². The van der Waals surface area contributed by atoms with Crippen LogP contribution in [0.4, 0.5) is 4.39 Å². The smallest absolute Gasteiger partial charge is 0.338 e. The summed E-state index contributed by atoms with van der Waals surface area (Å²) in [6.07, 6.45) is 0. The van der Waals surface area contributed by atoms with E-state index in [1.165, 1.54) is 18.2 Å². The highest BCUT2D eigenvalue weighted by molar-refractivity contribution is 5.99. The van der Waals surface area contributed by atoms with Crippen molar-refractivity contribution >= 4 is 11.8 Å². The monoisotopic (exact) mass is 286 g/mol. The maximum atomic E-state index is 13.4. The lowest BCUT2D eigenvalue weighted by atomic mass is 10.1. The molecule has 0 aromatic heterocycles. The van der Waals surface area contributed by atoms with Gasteiger partial charge in [0.05, 0.1) is 11.1 Å². The first-order valence-electron chi connectivity index (χ1n) is 6.50.